The van der Waals surface area contributed by atoms with Gasteiger partial charge in [0.2, 0.25) is 0 Å². The fourth-order valence-corrected chi connectivity index (χ4v) is 3.10. The van der Waals surface area contributed by atoms with E-state index in [0.717, 1.165) is 22.8 Å². The highest BCUT2D eigenvalue weighted by Crippen LogP contribution is 2.35. The van der Waals surface area contributed by atoms with Gasteiger partial charge in [-0.1, -0.05) is 64.1 Å². The monoisotopic (exact) mass is 359 g/mol. The Morgan fingerprint density at radius 2 is 1.44 bits per heavy atom. The number of nitrogens with one attached hydrogen (secondary N) is 1. The van der Waals surface area contributed by atoms with E-state index in [2.05, 4.69) is 57.3 Å². The molecule has 27 heavy (non-hydrogen) atoms. The van der Waals surface area contributed by atoms with Crippen molar-refractivity contribution in [2.24, 2.45) is 4.99 Å². The van der Waals surface area contributed by atoms with Crippen molar-refractivity contribution in [3.8, 4) is 6.07 Å². The summed E-state index contributed by atoms with van der Waals surface area (Å²) in [5, 5.41) is 13.1. The molecular formula is C24H29N3. The second kappa shape index (κ2) is 9.19. The molecule has 2 aromatic rings. The third-order valence-electron chi connectivity index (χ3n) is 4.58. The van der Waals surface area contributed by atoms with Crippen molar-refractivity contribution in [3.05, 3.63) is 70.9 Å². The number of allylic oxidation sites excluding steroid dienone is 2. The molecule has 0 atom stereocenters. The normalized spacial score (nSPS) is 12.8. The molecule has 2 rings (SSSR count). The molecule has 0 radical (unpaired) electrons. The van der Waals surface area contributed by atoms with Gasteiger partial charge in [-0.15, -0.1) is 0 Å². The van der Waals surface area contributed by atoms with Gasteiger partial charge in [-0.25, -0.2) is 0 Å². The summed E-state index contributed by atoms with van der Waals surface area (Å²) in [7, 11) is 0. The molecule has 0 saturated heterocycles. The molecule has 0 aliphatic carbocycles. The van der Waals surface area contributed by atoms with Gasteiger partial charge in [0, 0.05) is 11.4 Å². The predicted octanol–water partition coefficient (Wildman–Crippen LogP) is 6.94. The van der Waals surface area contributed by atoms with Crippen LogP contribution in [-0.2, 0) is 0 Å². The van der Waals surface area contributed by atoms with Gasteiger partial charge in [0.1, 0.15) is 6.07 Å². The number of hydrogen-bond donors (Lipinski definition) is 1. The molecule has 0 bridgehead atoms. The van der Waals surface area contributed by atoms with Crippen LogP contribution in [0, 0.1) is 11.3 Å². The quantitative estimate of drug-likeness (QED) is 0.449. The minimum Gasteiger partial charge on any atom is -0.358 e. The van der Waals surface area contributed by atoms with E-state index in [0.29, 0.717) is 17.4 Å². The molecule has 0 aliphatic rings. The Bertz CT molecular complexity index is 855. The van der Waals surface area contributed by atoms with Crippen LogP contribution in [0.2, 0.25) is 0 Å². The van der Waals surface area contributed by atoms with Crippen molar-refractivity contribution in [2.75, 3.05) is 5.32 Å². The topological polar surface area (TPSA) is 48.2 Å². The summed E-state index contributed by atoms with van der Waals surface area (Å²) >= 11 is 0. The van der Waals surface area contributed by atoms with E-state index in [9.17, 15) is 5.26 Å². The van der Waals surface area contributed by atoms with E-state index in [1.807, 2.05) is 44.2 Å². The lowest BCUT2D eigenvalue weighted by Gasteiger charge is -2.17. The maximum absolute atomic E-state index is 9.75. The molecule has 3 nitrogen and oxygen atoms in total. The molecule has 0 aliphatic heterocycles. The number of aliphatic imine (C=N–C) groups is 1. The second-order valence-corrected chi connectivity index (χ2v) is 7.39. The fourth-order valence-electron chi connectivity index (χ4n) is 3.10. The number of hydrogen-bond acceptors (Lipinski definition) is 3. The first-order chi connectivity index (χ1) is 12.8. The van der Waals surface area contributed by atoms with Crippen LogP contribution in [-0.4, -0.2) is 5.71 Å². The molecule has 140 valence electrons. The third kappa shape index (κ3) is 5.08. The average Bonchev–Trinajstić information content (AvgIpc) is 2.62. The van der Waals surface area contributed by atoms with E-state index in [4.69, 9.17) is 4.99 Å². The van der Waals surface area contributed by atoms with E-state index in [-0.39, 0.29) is 0 Å². The van der Waals surface area contributed by atoms with Gasteiger partial charge in [-0.05, 0) is 48.9 Å². The first-order valence-corrected chi connectivity index (χ1v) is 9.46. The number of benzene rings is 2. The Balaban J connectivity index is 2.51. The van der Waals surface area contributed by atoms with Crippen LogP contribution in [0.1, 0.15) is 64.5 Å². The Morgan fingerprint density at radius 1 is 0.889 bits per heavy atom. The van der Waals surface area contributed by atoms with Crippen LogP contribution >= 0.6 is 0 Å². The Hall–Kier alpha value is -2.86. The van der Waals surface area contributed by atoms with Crippen LogP contribution in [0.4, 0.5) is 11.4 Å². The molecule has 0 heterocycles. The lowest BCUT2D eigenvalue weighted by molar-refractivity contribution is 0.834. The van der Waals surface area contributed by atoms with Crippen LogP contribution in [0.25, 0.3) is 0 Å². The lowest BCUT2D eigenvalue weighted by Crippen LogP contribution is -2.06. The summed E-state index contributed by atoms with van der Waals surface area (Å²) in [6.45, 7) is 12.5. The Morgan fingerprint density at radius 3 is 1.93 bits per heavy atom. The van der Waals surface area contributed by atoms with Gasteiger partial charge < -0.3 is 5.32 Å². The summed E-state index contributed by atoms with van der Waals surface area (Å²) < 4.78 is 0. The molecule has 0 fully saturated rings. The number of anilines is 1. The summed E-state index contributed by atoms with van der Waals surface area (Å²) in [6.07, 6.45) is 0. The van der Waals surface area contributed by atoms with Gasteiger partial charge >= 0.3 is 0 Å². The zero-order valence-corrected chi connectivity index (χ0v) is 17.2. The van der Waals surface area contributed by atoms with E-state index >= 15 is 0 Å². The van der Waals surface area contributed by atoms with Crippen molar-refractivity contribution < 1.29 is 0 Å². The smallest absolute Gasteiger partial charge is 0.103 e. The fraction of sp³-hybridized carbons (Fsp3) is 0.333. The molecule has 0 amide bonds. The largest absolute Gasteiger partial charge is 0.358 e. The number of nitriles is 1. The third-order valence-corrected chi connectivity index (χ3v) is 4.58. The van der Waals surface area contributed by atoms with Crippen molar-refractivity contribution in [1.29, 1.82) is 5.26 Å². The molecule has 0 saturated carbocycles. The maximum Gasteiger partial charge on any atom is 0.103 e. The molecule has 0 aromatic heterocycles. The van der Waals surface area contributed by atoms with E-state index in [1.54, 1.807) is 0 Å². The van der Waals surface area contributed by atoms with Gasteiger partial charge in [-0.2, -0.15) is 5.26 Å². The zero-order chi connectivity index (χ0) is 20.0. The van der Waals surface area contributed by atoms with Crippen molar-refractivity contribution in [2.45, 2.75) is 53.4 Å². The highest BCUT2D eigenvalue weighted by Gasteiger charge is 2.15. The molecular weight excluding hydrogens is 330 g/mol. The van der Waals surface area contributed by atoms with E-state index < -0.39 is 0 Å². The van der Waals surface area contributed by atoms with Gasteiger partial charge in [0.05, 0.1) is 17.0 Å². The summed E-state index contributed by atoms with van der Waals surface area (Å²) in [5.74, 6) is 0.738. The van der Waals surface area contributed by atoms with Crippen molar-refractivity contribution >= 4 is 17.1 Å². The molecule has 0 unspecified atom stereocenters. The van der Waals surface area contributed by atoms with Crippen LogP contribution in [0.3, 0.4) is 0 Å². The van der Waals surface area contributed by atoms with Gasteiger partial charge in [-0.3, -0.25) is 4.99 Å². The first-order valence-electron chi connectivity index (χ1n) is 9.46. The van der Waals surface area contributed by atoms with Crippen LogP contribution in [0.5, 0.6) is 0 Å². The Kier molecular flexibility index (Phi) is 6.96. The standard InChI is InChI=1S/C24H29N3/c1-16(2)21-13-10-14-22(17(3)4)24(21)27-19(6)23(15-25)18(5)26-20-11-8-7-9-12-20/h7-14,16-17,26H,1-6H3/b23-18+,27-19?. The van der Waals surface area contributed by atoms with Crippen molar-refractivity contribution in [1.82, 2.24) is 0 Å². The molecule has 1 N–H and O–H groups in total. The zero-order valence-electron chi connectivity index (χ0n) is 17.2. The highest BCUT2D eigenvalue weighted by molar-refractivity contribution is 6.04. The minimum absolute atomic E-state index is 0.369. The first kappa shape index (κ1) is 20.5. The molecule has 0 spiro atoms. The summed E-state index contributed by atoms with van der Waals surface area (Å²) in [4.78, 5) is 4.93. The Labute approximate surface area is 163 Å². The lowest BCUT2D eigenvalue weighted by atomic mass is 9.92. The van der Waals surface area contributed by atoms with Crippen molar-refractivity contribution in [3.63, 3.8) is 0 Å². The number of para-hydroxylation sites is 2. The van der Waals surface area contributed by atoms with Crippen LogP contribution in [0.15, 0.2) is 64.8 Å². The van der Waals surface area contributed by atoms with Gasteiger partial charge in [0.15, 0.2) is 0 Å². The predicted molar refractivity (Wildman–Crippen MR) is 116 cm³/mol. The SMILES string of the molecule is CC(=Nc1c(C(C)C)cccc1C(C)C)/C(C#N)=C(\C)Nc1ccccc1. The van der Waals surface area contributed by atoms with E-state index in [1.165, 1.54) is 11.1 Å². The second-order valence-electron chi connectivity index (χ2n) is 7.39. The minimum atomic E-state index is 0.369. The number of rotatable bonds is 6. The summed E-state index contributed by atoms with van der Waals surface area (Å²) in [6, 6.07) is 18.6. The maximum atomic E-state index is 9.75. The summed E-state index contributed by atoms with van der Waals surface area (Å²) in [5.41, 5.74) is 6.50. The molecule has 2 aromatic carbocycles. The highest BCUT2D eigenvalue weighted by atomic mass is 14.9. The van der Waals surface area contributed by atoms with Crippen LogP contribution < -0.4 is 5.32 Å². The van der Waals surface area contributed by atoms with Gasteiger partial charge in [0.25, 0.3) is 0 Å². The molecule has 3 heteroatoms. The number of nitrogens with zero attached hydrogens (tertiary/aromatic N) is 2. The average molecular weight is 360 g/mol.